The fourth-order valence-electron chi connectivity index (χ4n) is 3.75. The van der Waals surface area contributed by atoms with E-state index in [4.69, 9.17) is 4.74 Å². The smallest absolute Gasteiger partial charge is 0.331 e. The molecule has 1 amide bonds. The molecule has 3 rings (SSSR count). The van der Waals surface area contributed by atoms with Crippen molar-refractivity contribution in [2.24, 2.45) is 0 Å². The van der Waals surface area contributed by atoms with Crippen LogP contribution in [0.5, 0.6) is 0 Å². The molecule has 1 heterocycles. The molecule has 1 aromatic carbocycles. The third kappa shape index (κ3) is 4.47. The highest BCUT2D eigenvalue weighted by Crippen LogP contribution is 2.17. The predicted octanol–water partition coefficient (Wildman–Crippen LogP) is 1.65. The van der Waals surface area contributed by atoms with Crippen LogP contribution in [-0.4, -0.2) is 34.8 Å². The zero-order valence-corrected chi connectivity index (χ0v) is 15.8. The Labute approximate surface area is 157 Å². The minimum Gasteiger partial charge on any atom is -0.385 e. The maximum Gasteiger partial charge on any atom is 0.331 e. The van der Waals surface area contributed by atoms with E-state index in [0.29, 0.717) is 23.9 Å². The lowest BCUT2D eigenvalue weighted by molar-refractivity contribution is -0.122. The summed E-state index contributed by atoms with van der Waals surface area (Å²) in [6.07, 6.45) is 5.98. The molecule has 2 aromatic rings. The largest absolute Gasteiger partial charge is 0.385 e. The lowest BCUT2D eigenvalue weighted by Gasteiger charge is -2.23. The topological polar surface area (TPSA) is 82.3 Å². The second-order valence-corrected chi connectivity index (χ2v) is 7.09. The zero-order chi connectivity index (χ0) is 19.2. The van der Waals surface area contributed by atoms with Gasteiger partial charge in [0.2, 0.25) is 5.91 Å². The molecule has 0 bridgehead atoms. The third-order valence-electron chi connectivity index (χ3n) is 5.13. The van der Waals surface area contributed by atoms with Gasteiger partial charge in [0.1, 0.15) is 6.54 Å². The zero-order valence-electron chi connectivity index (χ0n) is 15.8. The normalized spacial score (nSPS) is 15.1. The predicted molar refractivity (Wildman–Crippen MR) is 104 cm³/mol. The van der Waals surface area contributed by atoms with E-state index in [1.807, 2.05) is 0 Å². The Morgan fingerprint density at radius 2 is 1.89 bits per heavy atom. The molecule has 0 aliphatic heterocycles. The van der Waals surface area contributed by atoms with Gasteiger partial charge in [-0.3, -0.25) is 18.7 Å². The van der Waals surface area contributed by atoms with E-state index in [0.717, 1.165) is 25.7 Å². The van der Waals surface area contributed by atoms with Gasteiger partial charge in [-0.1, -0.05) is 31.4 Å². The molecule has 7 heteroatoms. The Morgan fingerprint density at radius 3 is 2.63 bits per heavy atom. The Bertz CT molecular complexity index is 910. The number of hydrogen-bond donors (Lipinski definition) is 1. The van der Waals surface area contributed by atoms with Crippen molar-refractivity contribution in [2.45, 2.75) is 57.7 Å². The summed E-state index contributed by atoms with van der Waals surface area (Å²) in [5.41, 5.74) is -0.279. The number of ether oxygens (including phenoxy) is 1. The van der Waals surface area contributed by atoms with Crippen LogP contribution in [0, 0.1) is 0 Å². The highest BCUT2D eigenvalue weighted by atomic mass is 16.5. The van der Waals surface area contributed by atoms with Gasteiger partial charge in [-0.15, -0.1) is 0 Å². The van der Waals surface area contributed by atoms with Crippen molar-refractivity contribution in [3.8, 4) is 0 Å². The van der Waals surface area contributed by atoms with Crippen molar-refractivity contribution in [1.82, 2.24) is 14.5 Å². The van der Waals surface area contributed by atoms with Crippen LogP contribution >= 0.6 is 0 Å². The van der Waals surface area contributed by atoms with Gasteiger partial charge in [-0.05, 0) is 31.4 Å². The number of fused-ring (bicyclic) bond motifs is 1. The van der Waals surface area contributed by atoms with E-state index in [1.165, 1.54) is 15.6 Å². The van der Waals surface area contributed by atoms with Crippen LogP contribution in [0.25, 0.3) is 10.9 Å². The fourth-order valence-corrected chi connectivity index (χ4v) is 3.75. The second-order valence-electron chi connectivity index (χ2n) is 7.09. The number of nitrogens with zero attached hydrogens (tertiary/aromatic N) is 2. The lowest BCUT2D eigenvalue weighted by atomic mass is 9.95. The van der Waals surface area contributed by atoms with Crippen LogP contribution in [-0.2, 0) is 22.6 Å². The number of methoxy groups -OCH3 is 1. The van der Waals surface area contributed by atoms with Gasteiger partial charge in [0, 0.05) is 26.3 Å². The number of nitrogens with one attached hydrogen (secondary N) is 1. The maximum absolute atomic E-state index is 12.9. The van der Waals surface area contributed by atoms with Crippen molar-refractivity contribution < 1.29 is 9.53 Å². The number of carbonyl (C=O) groups is 1. The van der Waals surface area contributed by atoms with Crippen LogP contribution in [0.3, 0.4) is 0 Å². The summed E-state index contributed by atoms with van der Waals surface area (Å²) in [4.78, 5) is 38.2. The molecule has 0 unspecified atom stereocenters. The van der Waals surface area contributed by atoms with E-state index in [-0.39, 0.29) is 30.6 Å². The van der Waals surface area contributed by atoms with Gasteiger partial charge in [-0.25, -0.2) is 4.79 Å². The molecule has 1 aliphatic carbocycles. The third-order valence-corrected chi connectivity index (χ3v) is 5.13. The van der Waals surface area contributed by atoms with Gasteiger partial charge in [-0.2, -0.15) is 0 Å². The molecule has 1 aliphatic rings. The van der Waals surface area contributed by atoms with E-state index in [1.54, 1.807) is 31.4 Å². The first kappa shape index (κ1) is 19.4. The molecule has 1 saturated carbocycles. The molecule has 27 heavy (non-hydrogen) atoms. The monoisotopic (exact) mass is 373 g/mol. The number of rotatable bonds is 7. The molecule has 1 fully saturated rings. The average Bonchev–Trinajstić information content (AvgIpc) is 2.68. The summed E-state index contributed by atoms with van der Waals surface area (Å²) in [5, 5.41) is 3.48. The summed E-state index contributed by atoms with van der Waals surface area (Å²) >= 11 is 0. The highest BCUT2D eigenvalue weighted by Gasteiger charge is 2.18. The minimum absolute atomic E-state index is 0.0829. The van der Waals surface area contributed by atoms with E-state index < -0.39 is 5.69 Å². The van der Waals surface area contributed by atoms with Crippen LogP contribution < -0.4 is 16.6 Å². The standard InChI is InChI=1S/C20H27N3O4/c1-27-13-7-12-22-19(25)16-10-5-6-11-17(16)23(20(22)26)14-18(24)21-15-8-3-2-4-9-15/h5-6,10-11,15H,2-4,7-9,12-14H2,1H3,(H,21,24). The molecule has 0 atom stereocenters. The number of benzene rings is 1. The Kier molecular flexibility index (Phi) is 6.45. The minimum atomic E-state index is -0.450. The molecular formula is C20H27N3O4. The van der Waals surface area contributed by atoms with Gasteiger partial charge in [0.25, 0.3) is 5.56 Å². The first-order valence-corrected chi connectivity index (χ1v) is 9.62. The quantitative estimate of drug-likeness (QED) is 0.748. The highest BCUT2D eigenvalue weighted by molar-refractivity contribution is 5.81. The van der Waals surface area contributed by atoms with Crippen LogP contribution in [0.2, 0.25) is 0 Å². The molecule has 1 aromatic heterocycles. The molecule has 0 radical (unpaired) electrons. The molecule has 7 nitrogen and oxygen atoms in total. The number of aromatic nitrogens is 2. The number of hydrogen-bond acceptors (Lipinski definition) is 4. The van der Waals surface area contributed by atoms with E-state index in [9.17, 15) is 14.4 Å². The van der Waals surface area contributed by atoms with Crippen molar-refractivity contribution in [1.29, 1.82) is 0 Å². The summed E-state index contributed by atoms with van der Waals surface area (Å²) in [5.74, 6) is -0.184. The van der Waals surface area contributed by atoms with Crippen molar-refractivity contribution in [3.05, 3.63) is 45.1 Å². The van der Waals surface area contributed by atoms with Gasteiger partial charge in [0.15, 0.2) is 0 Å². The Hall–Kier alpha value is -2.41. The number of carbonyl (C=O) groups excluding carboxylic acids is 1. The number of para-hydroxylation sites is 1. The Morgan fingerprint density at radius 1 is 1.15 bits per heavy atom. The van der Waals surface area contributed by atoms with Crippen LogP contribution in [0.4, 0.5) is 0 Å². The lowest BCUT2D eigenvalue weighted by Crippen LogP contribution is -2.44. The molecule has 0 spiro atoms. The van der Waals surface area contributed by atoms with E-state index in [2.05, 4.69) is 5.32 Å². The van der Waals surface area contributed by atoms with Crippen LogP contribution in [0.15, 0.2) is 33.9 Å². The van der Waals surface area contributed by atoms with Gasteiger partial charge in [0.05, 0.1) is 10.9 Å². The second kappa shape index (κ2) is 8.99. The van der Waals surface area contributed by atoms with Crippen LogP contribution in [0.1, 0.15) is 38.5 Å². The molecular weight excluding hydrogens is 346 g/mol. The average molecular weight is 373 g/mol. The first-order chi connectivity index (χ1) is 13.1. The van der Waals surface area contributed by atoms with Crippen molar-refractivity contribution >= 4 is 16.8 Å². The summed E-state index contributed by atoms with van der Waals surface area (Å²) in [6, 6.07) is 7.12. The maximum atomic E-state index is 12.9. The Balaban J connectivity index is 1.91. The molecule has 1 N–H and O–H groups in total. The summed E-state index contributed by atoms with van der Waals surface area (Å²) < 4.78 is 7.63. The number of amides is 1. The van der Waals surface area contributed by atoms with Crippen molar-refractivity contribution in [3.63, 3.8) is 0 Å². The summed E-state index contributed by atoms with van der Waals surface area (Å²) in [7, 11) is 1.58. The fraction of sp³-hybridized carbons (Fsp3) is 0.550. The summed E-state index contributed by atoms with van der Waals surface area (Å²) in [6.45, 7) is 0.641. The van der Waals surface area contributed by atoms with Gasteiger partial charge < -0.3 is 10.1 Å². The van der Waals surface area contributed by atoms with Crippen molar-refractivity contribution in [2.75, 3.05) is 13.7 Å². The molecule has 146 valence electrons. The molecule has 0 saturated heterocycles. The van der Waals surface area contributed by atoms with Gasteiger partial charge >= 0.3 is 5.69 Å². The van der Waals surface area contributed by atoms with E-state index >= 15 is 0 Å². The SMILES string of the molecule is COCCCn1c(=O)c2ccccc2n(CC(=O)NC2CCCCC2)c1=O. The first-order valence-electron chi connectivity index (χ1n) is 9.62.